The van der Waals surface area contributed by atoms with E-state index in [2.05, 4.69) is 0 Å². The average molecular weight is 126 g/mol. The maximum atomic E-state index is 0. The molecule has 0 radical (unpaired) electrons. The molecule has 0 fully saturated rings. The molecule has 4 heteroatoms. The molecular weight excluding hydrogens is 126 g/mol. The van der Waals surface area contributed by atoms with Crippen LogP contribution in [0.15, 0.2) is 0 Å². The Morgan fingerprint density at radius 2 is 1.00 bits per heavy atom. The van der Waals surface area contributed by atoms with Gasteiger partial charge in [0.15, 0.2) is 0 Å². The van der Waals surface area contributed by atoms with Crippen molar-refractivity contribution in [3.63, 3.8) is 0 Å². The molecule has 0 aliphatic heterocycles. The first kappa shape index (κ1) is 42.3. The third kappa shape index (κ3) is 9.26. The summed E-state index contributed by atoms with van der Waals surface area (Å²) >= 11 is 0. The predicted octanol–water partition coefficient (Wildman–Crippen LogP) is -0.883. The summed E-state index contributed by atoms with van der Waals surface area (Å²) in [6.07, 6.45) is 0. The van der Waals surface area contributed by atoms with Crippen LogP contribution in [0.4, 0.5) is 0 Å². The number of hydrogen-bond donors (Lipinski definition) is 0. The molecule has 0 unspecified atom stereocenters. The fourth-order valence-corrected chi connectivity index (χ4v) is 0. The van der Waals surface area contributed by atoms with Gasteiger partial charge in [-0.25, -0.2) is 0 Å². The molecular formula is AlMgNiO+5. The van der Waals surface area contributed by atoms with E-state index in [0.717, 1.165) is 0 Å². The van der Waals surface area contributed by atoms with Gasteiger partial charge in [0.2, 0.25) is 0 Å². The van der Waals surface area contributed by atoms with E-state index in [4.69, 9.17) is 0 Å². The van der Waals surface area contributed by atoms with E-state index in [9.17, 15) is 0 Å². The van der Waals surface area contributed by atoms with E-state index in [1.165, 1.54) is 0 Å². The molecule has 16 valence electrons. The molecule has 0 aromatic rings. The second-order valence-electron chi connectivity index (χ2n) is 0. The van der Waals surface area contributed by atoms with Crippen LogP contribution in [-0.2, 0) is 22.0 Å². The van der Waals surface area contributed by atoms with E-state index in [-0.39, 0.29) is 62.4 Å². The van der Waals surface area contributed by atoms with Gasteiger partial charge in [0.05, 0.1) is 0 Å². The van der Waals surface area contributed by atoms with Crippen molar-refractivity contribution in [2.24, 2.45) is 0 Å². The van der Waals surface area contributed by atoms with Crippen LogP contribution in [-0.4, -0.2) is 40.4 Å². The molecule has 0 N–H and O–H groups in total. The van der Waals surface area contributed by atoms with Crippen LogP contribution in [0.2, 0.25) is 0 Å². The van der Waals surface area contributed by atoms with E-state index in [1.54, 1.807) is 0 Å². The molecule has 1 nitrogen and oxygen atoms in total. The molecule has 0 saturated carbocycles. The standard InChI is InChI=1S/Al.Mg.Ni.O/q+3;2*+2;-2. The summed E-state index contributed by atoms with van der Waals surface area (Å²) in [6, 6.07) is 0. The van der Waals surface area contributed by atoms with E-state index < -0.39 is 0 Å². The van der Waals surface area contributed by atoms with Gasteiger partial charge < -0.3 is 5.48 Å². The summed E-state index contributed by atoms with van der Waals surface area (Å²) in [4.78, 5) is 0. The molecule has 0 heterocycles. The molecule has 0 spiro atoms. The van der Waals surface area contributed by atoms with Crippen molar-refractivity contribution in [2.45, 2.75) is 0 Å². The van der Waals surface area contributed by atoms with Crippen molar-refractivity contribution in [1.29, 1.82) is 0 Å². The van der Waals surface area contributed by atoms with Crippen molar-refractivity contribution >= 4 is 40.4 Å². The van der Waals surface area contributed by atoms with Crippen LogP contribution in [0.25, 0.3) is 0 Å². The van der Waals surface area contributed by atoms with Crippen molar-refractivity contribution in [3.8, 4) is 0 Å². The van der Waals surface area contributed by atoms with Crippen molar-refractivity contribution in [2.75, 3.05) is 0 Å². The van der Waals surface area contributed by atoms with E-state index in [1.807, 2.05) is 0 Å². The Balaban J connectivity index is 0. The molecule has 4 heavy (non-hydrogen) atoms. The largest absolute Gasteiger partial charge is 3.00 e. The van der Waals surface area contributed by atoms with Gasteiger partial charge in [-0.2, -0.15) is 0 Å². The molecule has 0 aromatic carbocycles. The van der Waals surface area contributed by atoms with Gasteiger partial charge in [0.25, 0.3) is 0 Å². The minimum Gasteiger partial charge on any atom is -2.00 e. The van der Waals surface area contributed by atoms with Gasteiger partial charge in [0.1, 0.15) is 0 Å². The smallest absolute Gasteiger partial charge is 2.00 e. The van der Waals surface area contributed by atoms with Crippen LogP contribution in [0.1, 0.15) is 0 Å². The number of rotatable bonds is 0. The Hall–Kier alpha value is 1.75. The fourth-order valence-electron chi connectivity index (χ4n) is 0. The predicted molar refractivity (Wildman–Crippen MR) is 12.2 cm³/mol. The topological polar surface area (TPSA) is 28.5 Å². The normalized spacial score (nSPS) is 0. The number of hydrogen-bond acceptors (Lipinski definition) is 0. The summed E-state index contributed by atoms with van der Waals surface area (Å²) in [5.74, 6) is 0. The Labute approximate surface area is 62.0 Å². The van der Waals surface area contributed by atoms with Crippen molar-refractivity contribution in [3.05, 3.63) is 0 Å². The van der Waals surface area contributed by atoms with E-state index >= 15 is 0 Å². The van der Waals surface area contributed by atoms with Gasteiger partial charge in [0, 0.05) is 0 Å². The second kappa shape index (κ2) is 21.8. The van der Waals surface area contributed by atoms with Crippen molar-refractivity contribution in [1.82, 2.24) is 0 Å². The maximum Gasteiger partial charge on any atom is 3.00 e. The summed E-state index contributed by atoms with van der Waals surface area (Å²) < 4.78 is 0. The molecule has 0 atom stereocenters. The quantitative estimate of drug-likeness (QED) is 0.377. The SMILES string of the molecule is [Al+3].[Mg+2].[Ni+2].[O-2]. The van der Waals surface area contributed by atoms with Gasteiger partial charge in [-0.3, -0.25) is 0 Å². The summed E-state index contributed by atoms with van der Waals surface area (Å²) in [6.45, 7) is 0. The minimum atomic E-state index is 0. The Morgan fingerprint density at radius 1 is 1.00 bits per heavy atom. The summed E-state index contributed by atoms with van der Waals surface area (Å²) in [5.41, 5.74) is 0. The first-order valence-electron chi connectivity index (χ1n) is 0. The third-order valence-corrected chi connectivity index (χ3v) is 0. The molecule has 0 saturated heterocycles. The molecule has 0 amide bonds. The molecule has 0 aliphatic carbocycles. The first-order chi connectivity index (χ1) is 0. The fraction of sp³-hybridized carbons (Fsp3) is 0. The summed E-state index contributed by atoms with van der Waals surface area (Å²) in [5, 5.41) is 0. The van der Waals surface area contributed by atoms with Gasteiger partial charge in [-0.15, -0.1) is 0 Å². The Bertz CT molecular complexity index is 8.00. The zero-order valence-electron chi connectivity index (χ0n) is 2.01. The van der Waals surface area contributed by atoms with Gasteiger partial charge >= 0.3 is 56.9 Å². The van der Waals surface area contributed by atoms with Crippen LogP contribution in [0, 0.1) is 0 Å². The molecule has 0 rings (SSSR count). The van der Waals surface area contributed by atoms with Crippen LogP contribution >= 0.6 is 0 Å². The first-order valence-corrected chi connectivity index (χ1v) is 0. The average Bonchev–Trinajstić information content (AvgIpc) is 0. The monoisotopic (exact) mass is 125 g/mol. The van der Waals surface area contributed by atoms with Gasteiger partial charge in [-0.1, -0.05) is 0 Å². The summed E-state index contributed by atoms with van der Waals surface area (Å²) in [7, 11) is 0. The second-order valence-corrected chi connectivity index (χ2v) is 0. The molecule has 0 bridgehead atoms. The van der Waals surface area contributed by atoms with Gasteiger partial charge in [-0.05, 0) is 0 Å². The van der Waals surface area contributed by atoms with E-state index in [0.29, 0.717) is 0 Å². The third-order valence-electron chi connectivity index (χ3n) is 0. The Morgan fingerprint density at radius 3 is 1.00 bits per heavy atom. The molecule has 0 aromatic heterocycles. The van der Waals surface area contributed by atoms with Crippen LogP contribution in [0.3, 0.4) is 0 Å². The minimum absolute atomic E-state index is 0. The zero-order valence-corrected chi connectivity index (χ0v) is 5.57. The zero-order chi connectivity index (χ0) is 0. The van der Waals surface area contributed by atoms with Crippen LogP contribution < -0.4 is 0 Å². The Kier molecular flexibility index (Phi) is 231. The maximum absolute atomic E-state index is 0. The molecule has 0 aliphatic rings. The van der Waals surface area contributed by atoms with Crippen LogP contribution in [0.5, 0.6) is 0 Å². The van der Waals surface area contributed by atoms with Crippen molar-refractivity contribution < 1.29 is 22.0 Å².